The molecule has 1 N–H and O–H groups in total. The van der Waals surface area contributed by atoms with Crippen molar-refractivity contribution in [3.63, 3.8) is 0 Å². The van der Waals surface area contributed by atoms with Crippen LogP contribution in [0.3, 0.4) is 0 Å². The normalized spacial score (nSPS) is 14.3. The van der Waals surface area contributed by atoms with Crippen molar-refractivity contribution in [2.45, 2.75) is 39.0 Å². The summed E-state index contributed by atoms with van der Waals surface area (Å²) in [5.41, 5.74) is 2.50. The summed E-state index contributed by atoms with van der Waals surface area (Å²) < 4.78 is 10.9. The van der Waals surface area contributed by atoms with Gasteiger partial charge in [0.1, 0.15) is 0 Å². The van der Waals surface area contributed by atoms with Crippen LogP contribution in [-0.4, -0.2) is 26.2 Å². The van der Waals surface area contributed by atoms with Gasteiger partial charge in [0.05, 0.1) is 7.11 Å². The van der Waals surface area contributed by atoms with Crippen molar-refractivity contribution in [3.8, 4) is 11.5 Å². The lowest BCUT2D eigenvalue weighted by molar-refractivity contribution is -0.123. The molecule has 0 saturated heterocycles. The van der Waals surface area contributed by atoms with Crippen molar-refractivity contribution in [2.75, 3.05) is 20.3 Å². The number of hydrogen-bond acceptors (Lipinski definition) is 3. The van der Waals surface area contributed by atoms with Gasteiger partial charge in [-0.15, -0.1) is 0 Å². The van der Waals surface area contributed by atoms with Crippen molar-refractivity contribution in [1.29, 1.82) is 0 Å². The second-order valence-corrected chi connectivity index (χ2v) is 5.91. The maximum Gasteiger partial charge on any atom is 0.257 e. The Morgan fingerprint density at radius 3 is 2.88 bits per heavy atom. The van der Waals surface area contributed by atoms with Crippen molar-refractivity contribution < 1.29 is 14.3 Å². The van der Waals surface area contributed by atoms with E-state index in [0.29, 0.717) is 18.0 Å². The van der Waals surface area contributed by atoms with Gasteiger partial charge in [-0.3, -0.25) is 4.79 Å². The third-order valence-corrected chi connectivity index (χ3v) is 4.06. The van der Waals surface area contributed by atoms with E-state index in [4.69, 9.17) is 9.47 Å². The third-order valence-electron chi connectivity index (χ3n) is 4.06. The Bertz CT molecular complexity index is 605. The van der Waals surface area contributed by atoms with E-state index in [1.807, 2.05) is 37.3 Å². The number of hydrogen-bond donors (Lipinski definition) is 1. The maximum atomic E-state index is 11.9. The minimum Gasteiger partial charge on any atom is -0.493 e. The molecule has 0 unspecified atom stereocenters. The average molecular weight is 329 g/mol. The summed E-state index contributed by atoms with van der Waals surface area (Å²) in [6.45, 7) is 2.63. The number of benzene rings is 1. The molecule has 0 atom stereocenters. The minimum absolute atomic E-state index is 0.00162. The Balaban J connectivity index is 1.77. The highest BCUT2D eigenvalue weighted by atomic mass is 16.5. The molecule has 0 fully saturated rings. The number of nitrogens with one attached hydrogen (secondary N) is 1. The Morgan fingerprint density at radius 2 is 2.17 bits per heavy atom. The summed E-state index contributed by atoms with van der Waals surface area (Å²) in [7, 11) is 1.60. The number of ether oxygens (including phenoxy) is 2. The van der Waals surface area contributed by atoms with Gasteiger partial charge in [-0.2, -0.15) is 0 Å². The van der Waals surface area contributed by atoms with Crippen LogP contribution in [0.4, 0.5) is 0 Å². The number of carbonyl (C=O) groups excluding carboxylic acids is 1. The molecule has 130 valence electrons. The molecular weight excluding hydrogens is 302 g/mol. The quantitative estimate of drug-likeness (QED) is 0.730. The fourth-order valence-electron chi connectivity index (χ4n) is 2.79. The predicted molar refractivity (Wildman–Crippen MR) is 97.4 cm³/mol. The van der Waals surface area contributed by atoms with Crippen molar-refractivity contribution in [2.24, 2.45) is 0 Å². The second kappa shape index (κ2) is 9.81. The summed E-state index contributed by atoms with van der Waals surface area (Å²) in [5, 5.41) is 2.91. The van der Waals surface area contributed by atoms with Crippen LogP contribution in [0, 0.1) is 0 Å². The van der Waals surface area contributed by atoms with E-state index in [2.05, 4.69) is 11.4 Å². The van der Waals surface area contributed by atoms with Gasteiger partial charge in [0, 0.05) is 6.54 Å². The van der Waals surface area contributed by atoms with Crippen LogP contribution in [0.15, 0.2) is 35.9 Å². The van der Waals surface area contributed by atoms with Gasteiger partial charge in [-0.25, -0.2) is 0 Å². The molecule has 1 aromatic carbocycles. The van der Waals surface area contributed by atoms with Gasteiger partial charge in [-0.05, 0) is 56.7 Å². The molecule has 1 aliphatic carbocycles. The standard InChI is InChI=1S/C20H27NO3/c1-3-7-17-10-11-18(19(14-17)23-2)24-15-20(22)21-13-12-16-8-5-4-6-9-16/h3,7-8,10-11,14H,4-6,9,12-13,15H2,1-2H3,(H,21,22). The molecule has 2 rings (SSSR count). The molecule has 4 heteroatoms. The van der Waals surface area contributed by atoms with Gasteiger partial charge in [0.2, 0.25) is 0 Å². The largest absolute Gasteiger partial charge is 0.493 e. The smallest absolute Gasteiger partial charge is 0.257 e. The van der Waals surface area contributed by atoms with Crippen LogP contribution in [0.5, 0.6) is 11.5 Å². The van der Waals surface area contributed by atoms with Crippen LogP contribution in [0.25, 0.3) is 6.08 Å². The van der Waals surface area contributed by atoms with Crippen LogP contribution in [0.1, 0.15) is 44.6 Å². The van der Waals surface area contributed by atoms with Crippen molar-refractivity contribution in [3.05, 3.63) is 41.5 Å². The lowest BCUT2D eigenvalue weighted by Gasteiger charge is -2.14. The zero-order valence-electron chi connectivity index (χ0n) is 14.6. The fraction of sp³-hybridized carbons (Fsp3) is 0.450. The summed E-state index contributed by atoms with van der Waals surface area (Å²) in [5.74, 6) is 1.10. The first-order valence-electron chi connectivity index (χ1n) is 8.61. The highest BCUT2D eigenvalue weighted by molar-refractivity contribution is 5.77. The molecule has 1 aromatic rings. The first kappa shape index (κ1) is 18.1. The van der Waals surface area contributed by atoms with Crippen LogP contribution in [-0.2, 0) is 4.79 Å². The fourth-order valence-corrected chi connectivity index (χ4v) is 2.79. The van der Waals surface area contributed by atoms with Crippen molar-refractivity contribution >= 4 is 12.0 Å². The molecule has 0 aromatic heterocycles. The van der Waals surface area contributed by atoms with E-state index in [9.17, 15) is 4.79 Å². The second-order valence-electron chi connectivity index (χ2n) is 5.91. The molecule has 24 heavy (non-hydrogen) atoms. The van der Waals surface area contributed by atoms with E-state index in [0.717, 1.165) is 12.0 Å². The monoisotopic (exact) mass is 329 g/mol. The van der Waals surface area contributed by atoms with Gasteiger partial charge in [0.25, 0.3) is 5.91 Å². The molecule has 0 bridgehead atoms. The first-order valence-corrected chi connectivity index (χ1v) is 8.61. The lowest BCUT2D eigenvalue weighted by atomic mass is 9.97. The molecule has 1 aliphatic rings. The van der Waals surface area contributed by atoms with Crippen LogP contribution >= 0.6 is 0 Å². The van der Waals surface area contributed by atoms with Gasteiger partial charge < -0.3 is 14.8 Å². The first-order chi connectivity index (χ1) is 11.7. The molecule has 0 spiro atoms. The van der Waals surface area contributed by atoms with Crippen molar-refractivity contribution in [1.82, 2.24) is 5.32 Å². The van der Waals surface area contributed by atoms with E-state index < -0.39 is 0 Å². The van der Waals surface area contributed by atoms with Crippen LogP contribution < -0.4 is 14.8 Å². The Morgan fingerprint density at radius 1 is 1.29 bits per heavy atom. The van der Waals surface area contributed by atoms with Gasteiger partial charge in [-0.1, -0.05) is 29.9 Å². The number of methoxy groups -OCH3 is 1. The molecule has 4 nitrogen and oxygen atoms in total. The number of carbonyl (C=O) groups is 1. The highest BCUT2D eigenvalue weighted by Gasteiger charge is 2.09. The number of allylic oxidation sites excluding steroid dienone is 2. The van der Waals surface area contributed by atoms with E-state index in [1.165, 1.54) is 31.3 Å². The third kappa shape index (κ3) is 5.76. The van der Waals surface area contributed by atoms with E-state index in [1.54, 1.807) is 7.11 Å². The predicted octanol–water partition coefficient (Wildman–Crippen LogP) is 4.11. The maximum absolute atomic E-state index is 11.9. The molecule has 0 aliphatic heterocycles. The summed E-state index contributed by atoms with van der Waals surface area (Å²) in [4.78, 5) is 11.9. The zero-order valence-corrected chi connectivity index (χ0v) is 14.6. The Kier molecular flexibility index (Phi) is 7.40. The van der Waals surface area contributed by atoms with Gasteiger partial charge in [0.15, 0.2) is 18.1 Å². The SMILES string of the molecule is CC=Cc1ccc(OCC(=O)NCCC2=CCCCC2)c(OC)c1. The number of amides is 1. The molecule has 0 heterocycles. The van der Waals surface area contributed by atoms with Crippen LogP contribution in [0.2, 0.25) is 0 Å². The summed E-state index contributed by atoms with van der Waals surface area (Å²) in [6, 6.07) is 5.66. The highest BCUT2D eigenvalue weighted by Crippen LogP contribution is 2.28. The minimum atomic E-state index is -0.106. The molecule has 1 amide bonds. The Hall–Kier alpha value is -2.23. The van der Waals surface area contributed by atoms with E-state index >= 15 is 0 Å². The molecule has 0 saturated carbocycles. The number of rotatable bonds is 8. The molecular formula is C20H27NO3. The van der Waals surface area contributed by atoms with Gasteiger partial charge >= 0.3 is 0 Å². The molecule has 0 radical (unpaired) electrons. The lowest BCUT2D eigenvalue weighted by Crippen LogP contribution is -2.30. The topological polar surface area (TPSA) is 47.6 Å². The summed E-state index contributed by atoms with van der Waals surface area (Å²) >= 11 is 0. The van der Waals surface area contributed by atoms with E-state index in [-0.39, 0.29) is 12.5 Å². The zero-order chi connectivity index (χ0) is 17.2. The Labute approximate surface area is 144 Å². The average Bonchev–Trinajstić information content (AvgIpc) is 2.61. The summed E-state index contributed by atoms with van der Waals surface area (Å²) in [6.07, 6.45) is 12.1.